The van der Waals surface area contributed by atoms with Crippen molar-refractivity contribution in [2.45, 2.75) is 38.2 Å². The molecular formula is C20H24N2O5S. The van der Waals surface area contributed by atoms with Crippen LogP contribution in [-0.4, -0.2) is 44.2 Å². The summed E-state index contributed by atoms with van der Waals surface area (Å²) < 4.78 is 16.1. The van der Waals surface area contributed by atoms with E-state index in [1.165, 1.54) is 36.2 Å². The topological polar surface area (TPSA) is 78.0 Å². The molecule has 1 amide bonds. The zero-order valence-electron chi connectivity index (χ0n) is 16.3. The van der Waals surface area contributed by atoms with Crippen molar-refractivity contribution in [3.8, 4) is 11.5 Å². The lowest BCUT2D eigenvalue weighted by atomic mass is 10.1. The van der Waals surface area contributed by atoms with Crippen LogP contribution in [0.2, 0.25) is 0 Å². The molecule has 1 aliphatic rings. The number of carbonyl (C=O) groups is 2. The zero-order chi connectivity index (χ0) is 20.1. The quantitative estimate of drug-likeness (QED) is 0.658. The molecule has 1 aromatic carbocycles. The largest absolute Gasteiger partial charge is 0.493 e. The van der Waals surface area contributed by atoms with Crippen LogP contribution >= 0.6 is 11.3 Å². The minimum Gasteiger partial charge on any atom is -0.493 e. The van der Waals surface area contributed by atoms with Crippen LogP contribution in [0.25, 0.3) is 0 Å². The predicted molar refractivity (Wildman–Crippen MR) is 106 cm³/mol. The fraction of sp³-hybridized carbons (Fsp3) is 0.450. The smallest absolute Gasteiger partial charge is 0.311 e. The Labute approximate surface area is 168 Å². The standard InChI is InChI=1S/C20H24N2O5S/c1-22(20-21-14(12-28-20)11-18(23)26-3)19(24)13-8-9-16(17(10-13)25-2)27-15-6-4-5-7-15/h8-10,12,15H,4-7,11H2,1-3H3. The van der Waals surface area contributed by atoms with Crippen molar-refractivity contribution in [3.05, 3.63) is 34.8 Å². The van der Waals surface area contributed by atoms with Gasteiger partial charge in [-0.15, -0.1) is 11.3 Å². The molecule has 1 saturated carbocycles. The Morgan fingerprint density at radius 3 is 2.64 bits per heavy atom. The number of anilines is 1. The molecular weight excluding hydrogens is 380 g/mol. The Morgan fingerprint density at radius 2 is 1.96 bits per heavy atom. The second-order valence-corrected chi connectivity index (χ2v) is 7.47. The van der Waals surface area contributed by atoms with Crippen LogP contribution in [0.15, 0.2) is 23.6 Å². The molecule has 7 nitrogen and oxygen atoms in total. The Morgan fingerprint density at radius 1 is 1.21 bits per heavy atom. The molecule has 3 rings (SSSR count). The van der Waals surface area contributed by atoms with Gasteiger partial charge in [-0.1, -0.05) is 0 Å². The van der Waals surface area contributed by atoms with Crippen LogP contribution < -0.4 is 14.4 Å². The second-order valence-electron chi connectivity index (χ2n) is 6.63. The predicted octanol–water partition coefficient (Wildman–Crippen LogP) is 3.47. The van der Waals surface area contributed by atoms with Gasteiger partial charge >= 0.3 is 5.97 Å². The van der Waals surface area contributed by atoms with E-state index in [1.54, 1.807) is 37.7 Å². The van der Waals surface area contributed by atoms with Gasteiger partial charge in [-0.3, -0.25) is 14.5 Å². The molecule has 8 heteroatoms. The number of amides is 1. The summed E-state index contributed by atoms with van der Waals surface area (Å²) in [5.74, 6) is 0.609. The summed E-state index contributed by atoms with van der Waals surface area (Å²) in [7, 11) is 4.55. The molecule has 150 valence electrons. The van der Waals surface area contributed by atoms with Gasteiger partial charge in [-0.05, 0) is 43.9 Å². The Balaban J connectivity index is 1.73. The fourth-order valence-electron chi connectivity index (χ4n) is 3.12. The molecule has 0 unspecified atom stereocenters. The highest BCUT2D eigenvalue weighted by atomic mass is 32.1. The summed E-state index contributed by atoms with van der Waals surface area (Å²) in [6, 6.07) is 5.20. The van der Waals surface area contributed by atoms with Crippen molar-refractivity contribution in [3.63, 3.8) is 0 Å². The molecule has 0 spiro atoms. The minimum atomic E-state index is -0.367. The van der Waals surface area contributed by atoms with Gasteiger partial charge in [-0.25, -0.2) is 4.98 Å². The first-order chi connectivity index (χ1) is 13.5. The van der Waals surface area contributed by atoms with Gasteiger partial charge in [0.2, 0.25) is 0 Å². The monoisotopic (exact) mass is 404 g/mol. The SMILES string of the molecule is COC(=O)Cc1csc(N(C)C(=O)c2ccc(OC3CCCC3)c(OC)c2)n1. The van der Waals surface area contributed by atoms with E-state index in [4.69, 9.17) is 9.47 Å². The maximum absolute atomic E-state index is 12.9. The summed E-state index contributed by atoms with van der Waals surface area (Å²) in [6.45, 7) is 0. The molecule has 1 fully saturated rings. The lowest BCUT2D eigenvalue weighted by Crippen LogP contribution is -2.26. The number of nitrogens with zero attached hydrogens (tertiary/aromatic N) is 2. The van der Waals surface area contributed by atoms with Crippen LogP contribution in [0.5, 0.6) is 11.5 Å². The Bertz CT molecular complexity index is 845. The normalized spacial score (nSPS) is 14.0. The van der Waals surface area contributed by atoms with E-state index in [1.807, 2.05) is 0 Å². The first-order valence-corrected chi connectivity index (χ1v) is 10.0. The number of esters is 1. The van der Waals surface area contributed by atoms with Gasteiger partial charge in [0.15, 0.2) is 16.6 Å². The number of hydrogen-bond acceptors (Lipinski definition) is 7. The Kier molecular flexibility index (Phi) is 6.51. The van der Waals surface area contributed by atoms with Crippen LogP contribution in [0.4, 0.5) is 5.13 Å². The number of carbonyl (C=O) groups excluding carboxylic acids is 2. The summed E-state index contributed by atoms with van der Waals surface area (Å²) in [5.41, 5.74) is 1.05. The van der Waals surface area contributed by atoms with Crippen molar-refractivity contribution >= 4 is 28.3 Å². The number of hydrogen-bond donors (Lipinski definition) is 0. The summed E-state index contributed by atoms with van der Waals surface area (Å²) in [5, 5.41) is 2.25. The molecule has 28 heavy (non-hydrogen) atoms. The highest BCUT2D eigenvalue weighted by Crippen LogP contribution is 2.33. The molecule has 0 bridgehead atoms. The highest BCUT2D eigenvalue weighted by Gasteiger charge is 2.22. The third kappa shape index (κ3) is 4.62. The van der Waals surface area contributed by atoms with Crippen LogP contribution in [0.1, 0.15) is 41.7 Å². The van der Waals surface area contributed by atoms with Gasteiger partial charge in [0.05, 0.1) is 32.4 Å². The van der Waals surface area contributed by atoms with Crippen LogP contribution in [-0.2, 0) is 16.0 Å². The number of methoxy groups -OCH3 is 2. The van der Waals surface area contributed by atoms with E-state index in [9.17, 15) is 9.59 Å². The number of thiazole rings is 1. The van der Waals surface area contributed by atoms with Gasteiger partial charge in [-0.2, -0.15) is 0 Å². The van der Waals surface area contributed by atoms with Crippen molar-refractivity contribution in [2.24, 2.45) is 0 Å². The van der Waals surface area contributed by atoms with Crippen molar-refractivity contribution in [1.29, 1.82) is 0 Å². The van der Waals surface area contributed by atoms with Gasteiger partial charge in [0.1, 0.15) is 0 Å². The molecule has 1 aromatic heterocycles. The maximum atomic E-state index is 12.9. The first-order valence-electron chi connectivity index (χ1n) is 9.15. The summed E-state index contributed by atoms with van der Waals surface area (Å²) >= 11 is 1.30. The van der Waals surface area contributed by atoms with Gasteiger partial charge < -0.3 is 14.2 Å². The molecule has 1 heterocycles. The average molecular weight is 404 g/mol. The van der Waals surface area contributed by atoms with E-state index in [0.717, 1.165) is 12.8 Å². The molecule has 0 atom stereocenters. The molecule has 2 aromatic rings. The first kappa shape index (κ1) is 20.1. The minimum absolute atomic E-state index is 0.0794. The summed E-state index contributed by atoms with van der Waals surface area (Å²) in [6.07, 6.45) is 4.74. The number of aromatic nitrogens is 1. The van der Waals surface area contributed by atoms with E-state index in [0.29, 0.717) is 27.9 Å². The number of benzene rings is 1. The highest BCUT2D eigenvalue weighted by molar-refractivity contribution is 7.14. The Hall–Kier alpha value is -2.61. The number of ether oxygens (including phenoxy) is 3. The van der Waals surface area contributed by atoms with Crippen molar-refractivity contribution < 1.29 is 23.8 Å². The molecule has 0 radical (unpaired) electrons. The van der Waals surface area contributed by atoms with E-state index >= 15 is 0 Å². The van der Waals surface area contributed by atoms with E-state index < -0.39 is 0 Å². The maximum Gasteiger partial charge on any atom is 0.311 e. The molecule has 0 N–H and O–H groups in total. The van der Waals surface area contributed by atoms with Gasteiger partial charge in [0.25, 0.3) is 5.91 Å². The lowest BCUT2D eigenvalue weighted by Gasteiger charge is -2.18. The third-order valence-corrected chi connectivity index (χ3v) is 5.66. The second kappa shape index (κ2) is 9.05. The van der Waals surface area contributed by atoms with E-state index in [2.05, 4.69) is 9.72 Å². The lowest BCUT2D eigenvalue weighted by molar-refractivity contribution is -0.139. The van der Waals surface area contributed by atoms with Crippen LogP contribution in [0, 0.1) is 0 Å². The molecule has 1 aliphatic carbocycles. The van der Waals surface area contributed by atoms with Gasteiger partial charge in [0, 0.05) is 18.0 Å². The third-order valence-electron chi connectivity index (χ3n) is 4.69. The molecule has 0 saturated heterocycles. The van der Waals surface area contributed by atoms with Crippen molar-refractivity contribution in [1.82, 2.24) is 4.98 Å². The van der Waals surface area contributed by atoms with Crippen LogP contribution in [0.3, 0.4) is 0 Å². The zero-order valence-corrected chi connectivity index (χ0v) is 17.1. The van der Waals surface area contributed by atoms with Crippen molar-refractivity contribution in [2.75, 3.05) is 26.2 Å². The van der Waals surface area contributed by atoms with E-state index in [-0.39, 0.29) is 24.4 Å². The molecule has 0 aliphatic heterocycles. The summed E-state index contributed by atoms with van der Waals surface area (Å²) in [4.78, 5) is 30.0. The number of rotatable bonds is 7. The average Bonchev–Trinajstić information content (AvgIpc) is 3.39. The fourth-order valence-corrected chi connectivity index (χ4v) is 3.90.